The smallest absolute Gasteiger partial charge is 0.240 e. The highest BCUT2D eigenvalue weighted by Gasteiger charge is 2.56. The monoisotopic (exact) mass is 316 g/mol. The molecule has 4 rings (SSSR count). The Morgan fingerprint density at radius 2 is 1.78 bits per heavy atom. The summed E-state index contributed by atoms with van der Waals surface area (Å²) in [6, 6.07) is 5.48. The summed E-state index contributed by atoms with van der Waals surface area (Å²) < 4.78 is 10.6. The van der Waals surface area contributed by atoms with Crippen molar-refractivity contribution in [1.29, 1.82) is 0 Å². The first-order valence-corrected chi connectivity index (χ1v) is 8.19. The Bertz CT molecular complexity index is 648. The zero-order valence-electron chi connectivity index (χ0n) is 12.9. The molecule has 2 aliphatic carbocycles. The number of nitrogens with one attached hydrogen (secondary N) is 2. The summed E-state index contributed by atoms with van der Waals surface area (Å²) in [5, 5.41) is 5.89. The molecular formula is C17H20N2O4. The largest absolute Gasteiger partial charge is 0.454 e. The topological polar surface area (TPSA) is 76.7 Å². The molecule has 0 bridgehead atoms. The molecule has 0 aromatic heterocycles. The number of carbonyl (C=O) groups excluding carboxylic acids is 2. The number of ether oxygens (including phenoxy) is 2. The Hall–Kier alpha value is -2.24. The summed E-state index contributed by atoms with van der Waals surface area (Å²) in [5.41, 5.74) is -0.266. The van der Waals surface area contributed by atoms with Gasteiger partial charge in [0.1, 0.15) is 5.41 Å². The lowest BCUT2D eigenvalue weighted by atomic mass is 10.0. The molecule has 122 valence electrons. The van der Waals surface area contributed by atoms with Crippen LogP contribution in [0.2, 0.25) is 0 Å². The molecule has 1 aromatic rings. The highest BCUT2D eigenvalue weighted by atomic mass is 16.7. The van der Waals surface area contributed by atoms with Crippen molar-refractivity contribution in [1.82, 2.24) is 5.32 Å². The molecular weight excluding hydrogens is 296 g/mol. The van der Waals surface area contributed by atoms with E-state index in [9.17, 15) is 9.59 Å². The second-order valence-electron chi connectivity index (χ2n) is 6.56. The number of anilines is 1. The number of carbonyl (C=O) groups is 2. The van der Waals surface area contributed by atoms with Gasteiger partial charge in [-0.15, -0.1) is 0 Å². The third-order valence-electron chi connectivity index (χ3n) is 4.94. The Morgan fingerprint density at radius 3 is 2.52 bits per heavy atom. The fourth-order valence-electron chi connectivity index (χ4n) is 3.30. The summed E-state index contributed by atoms with van der Waals surface area (Å²) in [7, 11) is 0. The predicted octanol–water partition coefficient (Wildman–Crippen LogP) is 2.19. The molecule has 0 saturated heterocycles. The van der Waals surface area contributed by atoms with Crippen LogP contribution in [-0.2, 0) is 9.59 Å². The first-order valence-electron chi connectivity index (χ1n) is 8.19. The van der Waals surface area contributed by atoms with E-state index in [1.165, 1.54) is 0 Å². The zero-order chi connectivity index (χ0) is 15.9. The molecule has 6 heteroatoms. The number of fused-ring (bicyclic) bond motifs is 1. The van der Waals surface area contributed by atoms with Gasteiger partial charge >= 0.3 is 0 Å². The van der Waals surface area contributed by atoms with E-state index in [4.69, 9.17) is 9.47 Å². The van der Waals surface area contributed by atoms with Gasteiger partial charge < -0.3 is 20.1 Å². The summed E-state index contributed by atoms with van der Waals surface area (Å²) >= 11 is 0. The van der Waals surface area contributed by atoms with Crippen molar-refractivity contribution < 1.29 is 19.1 Å². The quantitative estimate of drug-likeness (QED) is 0.835. The second kappa shape index (κ2) is 5.44. The first-order chi connectivity index (χ1) is 11.2. The van der Waals surface area contributed by atoms with E-state index in [2.05, 4.69) is 10.6 Å². The molecule has 0 radical (unpaired) electrons. The lowest BCUT2D eigenvalue weighted by molar-refractivity contribution is -0.134. The second-order valence-corrected chi connectivity index (χ2v) is 6.56. The van der Waals surface area contributed by atoms with Crippen molar-refractivity contribution in [2.24, 2.45) is 5.41 Å². The number of hydrogen-bond donors (Lipinski definition) is 2. The molecule has 23 heavy (non-hydrogen) atoms. The maximum Gasteiger partial charge on any atom is 0.240 e. The Balaban J connectivity index is 1.42. The van der Waals surface area contributed by atoms with Crippen molar-refractivity contribution >= 4 is 17.5 Å². The summed E-state index contributed by atoms with van der Waals surface area (Å²) in [6.45, 7) is 0.195. The van der Waals surface area contributed by atoms with Gasteiger partial charge in [-0.05, 0) is 37.8 Å². The van der Waals surface area contributed by atoms with Gasteiger partial charge in [-0.3, -0.25) is 9.59 Å². The van der Waals surface area contributed by atoms with Crippen LogP contribution in [-0.4, -0.2) is 24.6 Å². The highest BCUT2D eigenvalue weighted by Crippen LogP contribution is 2.47. The van der Waals surface area contributed by atoms with Crippen molar-refractivity contribution in [3.05, 3.63) is 18.2 Å². The van der Waals surface area contributed by atoms with Gasteiger partial charge in [-0.1, -0.05) is 12.8 Å². The summed E-state index contributed by atoms with van der Waals surface area (Å²) in [4.78, 5) is 25.1. The van der Waals surface area contributed by atoms with Gasteiger partial charge in [0.05, 0.1) is 0 Å². The van der Waals surface area contributed by atoms with E-state index in [1.807, 2.05) is 0 Å². The molecule has 6 nitrogen and oxygen atoms in total. The Labute approximate surface area is 134 Å². The highest BCUT2D eigenvalue weighted by molar-refractivity contribution is 6.13. The maximum atomic E-state index is 12.6. The number of amides is 2. The predicted molar refractivity (Wildman–Crippen MR) is 83.3 cm³/mol. The molecule has 0 spiro atoms. The standard InChI is InChI=1S/C17H20N2O4/c20-15(18-11-3-1-2-4-11)17(7-8-17)16(21)19-12-5-6-13-14(9-12)23-10-22-13/h5-6,9,11H,1-4,7-8,10H2,(H,18,20)(H,19,21). The Kier molecular flexibility index (Phi) is 3.39. The van der Waals surface area contributed by atoms with Gasteiger partial charge in [0.15, 0.2) is 11.5 Å². The van der Waals surface area contributed by atoms with Gasteiger partial charge in [-0.25, -0.2) is 0 Å². The lowest BCUT2D eigenvalue weighted by Crippen LogP contribution is -2.43. The zero-order valence-corrected chi connectivity index (χ0v) is 12.9. The van der Waals surface area contributed by atoms with Gasteiger partial charge in [0.2, 0.25) is 18.6 Å². The third-order valence-corrected chi connectivity index (χ3v) is 4.94. The first kappa shape index (κ1) is 14.4. The third kappa shape index (κ3) is 2.62. The molecule has 3 aliphatic rings. The molecule has 2 N–H and O–H groups in total. The molecule has 1 aliphatic heterocycles. The molecule has 0 atom stereocenters. The van der Waals surface area contributed by atoms with Crippen LogP contribution in [0.15, 0.2) is 18.2 Å². The van der Waals surface area contributed by atoms with Crippen LogP contribution in [0.4, 0.5) is 5.69 Å². The van der Waals surface area contributed by atoms with Gasteiger partial charge in [-0.2, -0.15) is 0 Å². The van der Waals surface area contributed by atoms with Crippen molar-refractivity contribution in [3.8, 4) is 11.5 Å². The molecule has 2 amide bonds. The van der Waals surface area contributed by atoms with Crippen LogP contribution < -0.4 is 20.1 Å². The molecule has 2 fully saturated rings. The Morgan fingerprint density at radius 1 is 1.04 bits per heavy atom. The lowest BCUT2D eigenvalue weighted by Gasteiger charge is -2.18. The minimum atomic E-state index is -0.890. The van der Waals surface area contributed by atoms with E-state index >= 15 is 0 Å². The van der Waals surface area contributed by atoms with Crippen LogP contribution in [0.25, 0.3) is 0 Å². The van der Waals surface area contributed by atoms with Crippen LogP contribution in [0.1, 0.15) is 38.5 Å². The minimum Gasteiger partial charge on any atom is -0.454 e. The summed E-state index contributed by atoms with van der Waals surface area (Å²) in [6.07, 6.45) is 5.57. The van der Waals surface area contributed by atoms with Gasteiger partial charge in [0, 0.05) is 17.8 Å². The van der Waals surface area contributed by atoms with E-state index in [-0.39, 0.29) is 24.6 Å². The number of rotatable bonds is 4. The van der Waals surface area contributed by atoms with Crippen molar-refractivity contribution in [2.45, 2.75) is 44.6 Å². The molecule has 2 saturated carbocycles. The SMILES string of the molecule is O=C(Nc1ccc2c(c1)OCO2)C1(C(=O)NC2CCCC2)CC1. The average Bonchev–Trinajstić information content (AvgIpc) is 2.97. The van der Waals surface area contributed by atoms with Gasteiger partial charge in [0.25, 0.3) is 0 Å². The molecule has 0 unspecified atom stereocenters. The van der Waals surface area contributed by atoms with Crippen LogP contribution in [0, 0.1) is 5.41 Å². The maximum absolute atomic E-state index is 12.6. The number of benzene rings is 1. The fourth-order valence-corrected chi connectivity index (χ4v) is 3.30. The molecule has 1 heterocycles. The van der Waals surface area contributed by atoms with Crippen molar-refractivity contribution in [3.63, 3.8) is 0 Å². The summed E-state index contributed by atoms with van der Waals surface area (Å²) in [5.74, 6) is 0.931. The number of hydrogen-bond acceptors (Lipinski definition) is 4. The average molecular weight is 316 g/mol. The van der Waals surface area contributed by atoms with Crippen LogP contribution in [0.5, 0.6) is 11.5 Å². The van der Waals surface area contributed by atoms with Crippen LogP contribution >= 0.6 is 0 Å². The van der Waals surface area contributed by atoms with Crippen molar-refractivity contribution in [2.75, 3.05) is 12.1 Å². The fraction of sp³-hybridized carbons (Fsp3) is 0.529. The van der Waals surface area contributed by atoms with Crippen LogP contribution in [0.3, 0.4) is 0 Å². The van der Waals surface area contributed by atoms with E-state index < -0.39 is 5.41 Å². The molecule has 1 aromatic carbocycles. The normalized spacial score (nSPS) is 21.0. The van der Waals surface area contributed by atoms with E-state index in [0.29, 0.717) is 30.0 Å². The van der Waals surface area contributed by atoms with E-state index in [1.54, 1.807) is 18.2 Å². The minimum absolute atomic E-state index is 0.123. The van der Waals surface area contributed by atoms with E-state index in [0.717, 1.165) is 25.7 Å².